The van der Waals surface area contributed by atoms with Crippen LogP contribution in [0.1, 0.15) is 80.7 Å². The molecule has 0 radical (unpaired) electrons. The lowest BCUT2D eigenvalue weighted by Crippen LogP contribution is -2.29. The first-order valence-corrected chi connectivity index (χ1v) is 12.4. The lowest BCUT2D eigenvalue weighted by atomic mass is 9.85. The van der Waals surface area contributed by atoms with Crippen molar-refractivity contribution in [2.24, 2.45) is 11.8 Å². The zero-order chi connectivity index (χ0) is 23.3. The molecule has 2 fully saturated rings. The lowest BCUT2D eigenvalue weighted by Gasteiger charge is -2.30. The predicted octanol–water partition coefficient (Wildman–Crippen LogP) is 6.53. The molecule has 2 saturated carbocycles. The maximum atomic E-state index is 13.1. The number of carbonyl (C=O) groups is 1. The Morgan fingerprint density at radius 2 is 1.94 bits per heavy atom. The van der Waals surface area contributed by atoms with E-state index in [2.05, 4.69) is 37.3 Å². The molecule has 0 bridgehead atoms. The number of aryl methyl sites for hydroxylation is 2. The number of ether oxygens (including phenoxy) is 3. The molecule has 4 heteroatoms. The van der Waals surface area contributed by atoms with Crippen molar-refractivity contribution in [1.82, 2.24) is 0 Å². The molecule has 0 saturated heterocycles. The SMILES string of the molecule is COC(=O)C(OC(C)(C)C)c1c(C)ccc(C2CC2C2CC2)c1-c1ccc2c(c1)CCCO2. The van der Waals surface area contributed by atoms with E-state index in [1.165, 1.54) is 37.5 Å². The monoisotopic (exact) mass is 448 g/mol. The van der Waals surface area contributed by atoms with Gasteiger partial charge in [-0.25, -0.2) is 4.79 Å². The Morgan fingerprint density at radius 1 is 1.15 bits per heavy atom. The van der Waals surface area contributed by atoms with Crippen molar-refractivity contribution in [3.63, 3.8) is 0 Å². The molecule has 2 aliphatic carbocycles. The fourth-order valence-electron chi connectivity index (χ4n) is 5.53. The topological polar surface area (TPSA) is 44.8 Å². The van der Waals surface area contributed by atoms with Crippen LogP contribution in [0.25, 0.3) is 11.1 Å². The zero-order valence-electron chi connectivity index (χ0n) is 20.6. The quantitative estimate of drug-likeness (QED) is 0.471. The minimum atomic E-state index is -0.768. The van der Waals surface area contributed by atoms with Crippen molar-refractivity contribution in [2.45, 2.75) is 77.4 Å². The van der Waals surface area contributed by atoms with E-state index in [0.29, 0.717) is 5.92 Å². The van der Waals surface area contributed by atoms with Crippen LogP contribution in [0.3, 0.4) is 0 Å². The average Bonchev–Trinajstić information content (AvgIpc) is 3.68. The van der Waals surface area contributed by atoms with Gasteiger partial charge in [-0.3, -0.25) is 0 Å². The molecule has 1 heterocycles. The van der Waals surface area contributed by atoms with Crippen molar-refractivity contribution in [3.05, 3.63) is 52.6 Å². The molecule has 1 aliphatic heterocycles. The number of carbonyl (C=O) groups excluding carboxylic acids is 1. The Morgan fingerprint density at radius 3 is 2.64 bits per heavy atom. The molecule has 0 N–H and O–H groups in total. The largest absolute Gasteiger partial charge is 0.493 e. The Hall–Kier alpha value is -2.33. The van der Waals surface area contributed by atoms with Gasteiger partial charge in [-0.05, 0) is 118 Å². The molecule has 176 valence electrons. The Kier molecular flexibility index (Phi) is 5.76. The number of hydrogen-bond donors (Lipinski definition) is 0. The number of hydrogen-bond acceptors (Lipinski definition) is 4. The lowest BCUT2D eigenvalue weighted by molar-refractivity contribution is -0.164. The molecule has 0 aromatic heterocycles. The number of methoxy groups -OCH3 is 1. The summed E-state index contributed by atoms with van der Waals surface area (Å²) in [6.07, 6.45) is 5.26. The Labute approximate surface area is 197 Å². The second kappa shape index (κ2) is 8.47. The van der Waals surface area contributed by atoms with Gasteiger partial charge in [-0.2, -0.15) is 0 Å². The molecule has 0 amide bonds. The predicted molar refractivity (Wildman–Crippen MR) is 130 cm³/mol. The van der Waals surface area contributed by atoms with Crippen LogP contribution >= 0.6 is 0 Å². The fourth-order valence-corrected chi connectivity index (χ4v) is 5.53. The van der Waals surface area contributed by atoms with Crippen LogP contribution in [-0.4, -0.2) is 25.3 Å². The minimum absolute atomic E-state index is 0.345. The van der Waals surface area contributed by atoms with Crippen LogP contribution in [0.15, 0.2) is 30.3 Å². The minimum Gasteiger partial charge on any atom is -0.493 e. The fraction of sp³-hybridized carbons (Fsp3) is 0.552. The van der Waals surface area contributed by atoms with Gasteiger partial charge < -0.3 is 14.2 Å². The molecular weight excluding hydrogens is 412 g/mol. The summed E-state index contributed by atoms with van der Waals surface area (Å²) in [7, 11) is 1.44. The number of rotatable bonds is 6. The van der Waals surface area contributed by atoms with Gasteiger partial charge in [0, 0.05) is 5.56 Å². The second-order valence-electron chi connectivity index (χ2n) is 11.0. The molecule has 33 heavy (non-hydrogen) atoms. The second-order valence-corrected chi connectivity index (χ2v) is 11.0. The standard InChI is InChI=1S/C29H36O4/c1-17-8-12-21(23-16-22(23)18-9-10-18)26(20-11-13-24-19(15-20)7-6-14-32-24)25(17)27(28(30)31-5)33-29(2,3)4/h8,11-13,15,18,22-23,27H,6-7,9-10,14,16H2,1-5H3. The average molecular weight is 449 g/mol. The van der Waals surface area contributed by atoms with Gasteiger partial charge in [0.1, 0.15) is 5.75 Å². The molecular formula is C29H36O4. The maximum Gasteiger partial charge on any atom is 0.339 e. The number of fused-ring (bicyclic) bond motifs is 1. The molecule has 3 aliphatic rings. The van der Waals surface area contributed by atoms with Gasteiger partial charge in [-0.1, -0.05) is 18.2 Å². The summed E-state index contributed by atoms with van der Waals surface area (Å²) in [4.78, 5) is 13.1. The zero-order valence-corrected chi connectivity index (χ0v) is 20.6. The first-order valence-electron chi connectivity index (χ1n) is 12.4. The van der Waals surface area contributed by atoms with E-state index in [1.807, 2.05) is 20.8 Å². The summed E-state index contributed by atoms with van der Waals surface area (Å²) in [5, 5.41) is 0. The smallest absolute Gasteiger partial charge is 0.339 e. The molecule has 5 rings (SSSR count). The van der Waals surface area contributed by atoms with Crippen LogP contribution in [0, 0.1) is 18.8 Å². The normalized spacial score (nSPS) is 22.8. The highest BCUT2D eigenvalue weighted by Gasteiger charge is 2.49. The van der Waals surface area contributed by atoms with E-state index in [9.17, 15) is 4.79 Å². The summed E-state index contributed by atoms with van der Waals surface area (Å²) in [6.45, 7) is 8.83. The molecule has 0 spiro atoms. The van der Waals surface area contributed by atoms with Crippen molar-refractivity contribution in [3.8, 4) is 16.9 Å². The third kappa shape index (κ3) is 4.55. The summed E-state index contributed by atoms with van der Waals surface area (Å²) in [6, 6.07) is 11.0. The highest BCUT2D eigenvalue weighted by molar-refractivity contribution is 5.84. The molecule has 3 atom stereocenters. The van der Waals surface area contributed by atoms with Gasteiger partial charge in [0.2, 0.25) is 0 Å². The van der Waals surface area contributed by atoms with Crippen molar-refractivity contribution >= 4 is 5.97 Å². The van der Waals surface area contributed by atoms with E-state index < -0.39 is 11.7 Å². The third-order valence-corrected chi connectivity index (χ3v) is 7.31. The highest BCUT2D eigenvalue weighted by Crippen LogP contribution is 2.61. The number of benzene rings is 2. The van der Waals surface area contributed by atoms with Gasteiger partial charge in [0.25, 0.3) is 0 Å². The van der Waals surface area contributed by atoms with Crippen LogP contribution in [0.2, 0.25) is 0 Å². The van der Waals surface area contributed by atoms with Crippen molar-refractivity contribution in [2.75, 3.05) is 13.7 Å². The van der Waals surface area contributed by atoms with E-state index in [1.54, 1.807) is 0 Å². The van der Waals surface area contributed by atoms with E-state index >= 15 is 0 Å². The summed E-state index contributed by atoms with van der Waals surface area (Å²) in [5.74, 6) is 2.86. The van der Waals surface area contributed by atoms with E-state index in [0.717, 1.165) is 59.3 Å². The van der Waals surface area contributed by atoms with E-state index in [-0.39, 0.29) is 5.97 Å². The Balaban J connectivity index is 1.68. The molecule has 3 unspecified atom stereocenters. The van der Waals surface area contributed by atoms with Crippen LogP contribution in [-0.2, 0) is 20.7 Å². The number of esters is 1. The molecule has 2 aromatic rings. The molecule has 2 aromatic carbocycles. The Bertz CT molecular complexity index is 1060. The van der Waals surface area contributed by atoms with Gasteiger partial charge in [0.05, 0.1) is 19.3 Å². The van der Waals surface area contributed by atoms with Crippen LogP contribution in [0.5, 0.6) is 5.75 Å². The summed E-state index contributed by atoms with van der Waals surface area (Å²) < 4.78 is 17.5. The van der Waals surface area contributed by atoms with Crippen LogP contribution < -0.4 is 4.74 Å². The van der Waals surface area contributed by atoms with Crippen molar-refractivity contribution in [1.29, 1.82) is 0 Å². The van der Waals surface area contributed by atoms with Crippen LogP contribution in [0.4, 0.5) is 0 Å². The van der Waals surface area contributed by atoms with E-state index in [4.69, 9.17) is 14.2 Å². The summed E-state index contributed by atoms with van der Waals surface area (Å²) >= 11 is 0. The highest BCUT2D eigenvalue weighted by atomic mass is 16.6. The maximum absolute atomic E-state index is 13.1. The van der Waals surface area contributed by atoms with Crippen molar-refractivity contribution < 1.29 is 19.0 Å². The van der Waals surface area contributed by atoms with Gasteiger partial charge in [0.15, 0.2) is 6.10 Å². The third-order valence-electron chi connectivity index (χ3n) is 7.31. The molecule has 4 nitrogen and oxygen atoms in total. The van der Waals surface area contributed by atoms with Gasteiger partial charge in [-0.15, -0.1) is 0 Å². The first-order chi connectivity index (χ1) is 15.8. The first kappa shape index (κ1) is 22.5. The van der Waals surface area contributed by atoms with Gasteiger partial charge >= 0.3 is 5.97 Å². The summed E-state index contributed by atoms with van der Waals surface area (Å²) in [5.41, 5.74) is 6.45.